The SMILES string of the molecule is Clc1[c]ccc(-c2ccc(Br)cc2)c1. The maximum absolute atomic E-state index is 5.86. The summed E-state index contributed by atoms with van der Waals surface area (Å²) in [5.74, 6) is 0. The highest BCUT2D eigenvalue weighted by molar-refractivity contribution is 9.10. The number of halogens is 2. The van der Waals surface area contributed by atoms with Crippen LogP contribution < -0.4 is 0 Å². The molecule has 0 saturated heterocycles. The molecule has 0 aliphatic carbocycles. The average Bonchev–Trinajstić information content (AvgIpc) is 2.19. The Morgan fingerprint density at radius 1 is 1.00 bits per heavy atom. The summed E-state index contributed by atoms with van der Waals surface area (Å²) in [6, 6.07) is 16.8. The van der Waals surface area contributed by atoms with Crippen LogP contribution in [0.1, 0.15) is 0 Å². The largest absolute Gasteiger partial charge is 0.0836 e. The van der Waals surface area contributed by atoms with Crippen LogP contribution in [0.2, 0.25) is 5.02 Å². The summed E-state index contributed by atoms with van der Waals surface area (Å²) in [7, 11) is 0. The van der Waals surface area contributed by atoms with Gasteiger partial charge in [0.1, 0.15) is 0 Å². The highest BCUT2D eigenvalue weighted by Gasteiger charge is 1.97. The predicted molar refractivity (Wildman–Crippen MR) is 63.4 cm³/mol. The van der Waals surface area contributed by atoms with Crippen LogP contribution in [0.4, 0.5) is 0 Å². The summed E-state index contributed by atoms with van der Waals surface area (Å²) >= 11 is 9.26. The van der Waals surface area contributed by atoms with Crippen molar-refractivity contribution in [3.8, 4) is 11.1 Å². The number of benzene rings is 2. The maximum atomic E-state index is 5.86. The second kappa shape index (κ2) is 4.16. The average molecular weight is 267 g/mol. The van der Waals surface area contributed by atoms with Crippen molar-refractivity contribution in [1.82, 2.24) is 0 Å². The number of hydrogen-bond acceptors (Lipinski definition) is 0. The minimum absolute atomic E-state index is 0.644. The second-order valence-corrected chi connectivity index (χ2v) is 4.26. The van der Waals surface area contributed by atoms with E-state index in [-0.39, 0.29) is 0 Å². The van der Waals surface area contributed by atoms with Gasteiger partial charge in [-0.2, -0.15) is 0 Å². The van der Waals surface area contributed by atoms with Gasteiger partial charge in [-0.15, -0.1) is 0 Å². The molecule has 0 atom stereocenters. The fraction of sp³-hybridized carbons (Fsp3) is 0. The molecule has 14 heavy (non-hydrogen) atoms. The summed E-state index contributed by atoms with van der Waals surface area (Å²) in [6.45, 7) is 0. The lowest BCUT2D eigenvalue weighted by atomic mass is 10.1. The quantitative estimate of drug-likeness (QED) is 0.709. The van der Waals surface area contributed by atoms with E-state index in [9.17, 15) is 0 Å². The lowest BCUT2D eigenvalue weighted by molar-refractivity contribution is 1.59. The highest BCUT2D eigenvalue weighted by atomic mass is 79.9. The van der Waals surface area contributed by atoms with Crippen molar-refractivity contribution < 1.29 is 0 Å². The van der Waals surface area contributed by atoms with Crippen LogP contribution in [0.25, 0.3) is 11.1 Å². The van der Waals surface area contributed by atoms with E-state index in [4.69, 9.17) is 11.6 Å². The fourth-order valence-electron chi connectivity index (χ4n) is 1.26. The van der Waals surface area contributed by atoms with Crippen molar-refractivity contribution in [1.29, 1.82) is 0 Å². The third-order valence-corrected chi connectivity index (χ3v) is 2.69. The van der Waals surface area contributed by atoms with Crippen LogP contribution in [-0.4, -0.2) is 0 Å². The van der Waals surface area contributed by atoms with Gasteiger partial charge in [0.2, 0.25) is 0 Å². The Morgan fingerprint density at radius 2 is 1.71 bits per heavy atom. The monoisotopic (exact) mass is 265 g/mol. The zero-order valence-corrected chi connectivity index (χ0v) is 9.64. The molecule has 0 nitrogen and oxygen atoms in total. The zero-order chi connectivity index (χ0) is 9.97. The van der Waals surface area contributed by atoms with E-state index in [2.05, 4.69) is 34.1 Å². The molecule has 0 aliphatic rings. The van der Waals surface area contributed by atoms with Crippen LogP contribution in [-0.2, 0) is 0 Å². The molecule has 2 rings (SSSR count). The van der Waals surface area contributed by atoms with Gasteiger partial charge in [0, 0.05) is 15.6 Å². The van der Waals surface area contributed by atoms with Crippen molar-refractivity contribution in [2.24, 2.45) is 0 Å². The lowest BCUT2D eigenvalue weighted by Crippen LogP contribution is -1.76. The third kappa shape index (κ3) is 2.17. The van der Waals surface area contributed by atoms with Crippen molar-refractivity contribution in [3.63, 3.8) is 0 Å². The van der Waals surface area contributed by atoms with Crippen molar-refractivity contribution in [2.75, 3.05) is 0 Å². The normalized spacial score (nSPS) is 10.1. The first-order valence-corrected chi connectivity index (χ1v) is 5.36. The smallest absolute Gasteiger partial charge is 0.0491 e. The Labute approximate surface area is 96.7 Å². The molecule has 2 aromatic carbocycles. The van der Waals surface area contributed by atoms with E-state index in [0.717, 1.165) is 15.6 Å². The van der Waals surface area contributed by atoms with Crippen LogP contribution in [0.3, 0.4) is 0 Å². The second-order valence-electron chi connectivity index (χ2n) is 2.93. The first-order valence-electron chi connectivity index (χ1n) is 4.19. The van der Waals surface area contributed by atoms with E-state index in [1.807, 2.05) is 30.3 Å². The minimum atomic E-state index is 0.644. The minimum Gasteiger partial charge on any atom is -0.0836 e. The molecule has 1 radical (unpaired) electrons. The Morgan fingerprint density at radius 3 is 2.36 bits per heavy atom. The first-order chi connectivity index (χ1) is 6.75. The van der Waals surface area contributed by atoms with E-state index >= 15 is 0 Å². The van der Waals surface area contributed by atoms with Gasteiger partial charge in [0.05, 0.1) is 0 Å². The molecule has 2 heteroatoms. The highest BCUT2D eigenvalue weighted by Crippen LogP contribution is 2.23. The van der Waals surface area contributed by atoms with Gasteiger partial charge in [-0.1, -0.05) is 51.8 Å². The topological polar surface area (TPSA) is 0 Å². The molecule has 0 aliphatic heterocycles. The van der Waals surface area contributed by atoms with Crippen molar-refractivity contribution in [2.45, 2.75) is 0 Å². The van der Waals surface area contributed by atoms with Gasteiger partial charge in [0.15, 0.2) is 0 Å². The third-order valence-electron chi connectivity index (χ3n) is 1.94. The van der Waals surface area contributed by atoms with Crippen molar-refractivity contribution >= 4 is 27.5 Å². The van der Waals surface area contributed by atoms with Gasteiger partial charge < -0.3 is 0 Å². The fourth-order valence-corrected chi connectivity index (χ4v) is 1.70. The van der Waals surface area contributed by atoms with Crippen LogP contribution >= 0.6 is 27.5 Å². The van der Waals surface area contributed by atoms with Crippen LogP contribution in [0.5, 0.6) is 0 Å². The molecular weight excluding hydrogens is 259 g/mol. The molecule has 0 unspecified atom stereocenters. The van der Waals surface area contributed by atoms with Crippen LogP contribution in [0, 0.1) is 6.07 Å². The molecule has 0 fully saturated rings. The number of rotatable bonds is 1. The Kier molecular flexibility index (Phi) is 2.90. The summed E-state index contributed by atoms with van der Waals surface area (Å²) < 4.78 is 1.08. The molecule has 0 amide bonds. The van der Waals surface area contributed by atoms with Gasteiger partial charge in [-0.3, -0.25) is 0 Å². The maximum Gasteiger partial charge on any atom is 0.0491 e. The van der Waals surface area contributed by atoms with E-state index in [1.54, 1.807) is 0 Å². The Hall–Kier alpha value is -0.790. The summed E-state index contributed by atoms with van der Waals surface area (Å²) in [5, 5.41) is 0.644. The van der Waals surface area contributed by atoms with E-state index in [1.165, 1.54) is 0 Å². The van der Waals surface area contributed by atoms with E-state index in [0.29, 0.717) is 5.02 Å². The van der Waals surface area contributed by atoms with Gasteiger partial charge in [0.25, 0.3) is 0 Å². The van der Waals surface area contributed by atoms with Crippen molar-refractivity contribution in [3.05, 3.63) is 58.0 Å². The van der Waals surface area contributed by atoms with Crippen LogP contribution in [0.15, 0.2) is 46.9 Å². The molecule has 0 heterocycles. The Bertz CT molecular complexity index is 434. The predicted octanol–water partition coefficient (Wildman–Crippen LogP) is 4.57. The standard InChI is InChI=1S/C12H7BrCl/c13-11-6-4-9(5-7-11)10-2-1-3-12(14)8-10/h1-2,4-8H. The molecule has 69 valence electrons. The van der Waals surface area contributed by atoms with Gasteiger partial charge in [-0.25, -0.2) is 0 Å². The zero-order valence-electron chi connectivity index (χ0n) is 7.30. The molecule has 0 spiro atoms. The van der Waals surface area contributed by atoms with Gasteiger partial charge >= 0.3 is 0 Å². The van der Waals surface area contributed by atoms with E-state index < -0.39 is 0 Å². The number of hydrogen-bond donors (Lipinski definition) is 0. The summed E-state index contributed by atoms with van der Waals surface area (Å²) in [4.78, 5) is 0. The summed E-state index contributed by atoms with van der Waals surface area (Å²) in [6.07, 6.45) is 0. The van der Waals surface area contributed by atoms with Gasteiger partial charge in [-0.05, 0) is 29.3 Å². The molecule has 0 bridgehead atoms. The molecule has 0 saturated carbocycles. The molecule has 0 N–H and O–H groups in total. The molecular formula is C12H7BrCl. The lowest BCUT2D eigenvalue weighted by Gasteiger charge is -2.01. The molecule has 2 aromatic rings. The molecule has 0 aromatic heterocycles. The Balaban J connectivity index is 2.44. The first kappa shape index (κ1) is 9.75. The summed E-state index contributed by atoms with van der Waals surface area (Å²) in [5.41, 5.74) is 2.27.